The smallest absolute Gasteiger partial charge is 0.228 e. The number of aromatic nitrogens is 1. The lowest BCUT2D eigenvalue weighted by Gasteiger charge is -2.27. The van der Waals surface area contributed by atoms with Crippen molar-refractivity contribution in [2.75, 3.05) is 36.5 Å². The lowest BCUT2D eigenvalue weighted by Crippen LogP contribution is -2.36. The van der Waals surface area contributed by atoms with Gasteiger partial charge in [-0.15, -0.1) is 0 Å². The van der Waals surface area contributed by atoms with Crippen molar-refractivity contribution >= 4 is 28.4 Å². The fourth-order valence-electron chi connectivity index (χ4n) is 3.82. The molecule has 0 radical (unpaired) electrons. The summed E-state index contributed by atoms with van der Waals surface area (Å²) in [6.07, 6.45) is 3.66. The molecular formula is C23H27N3O3. The van der Waals surface area contributed by atoms with Gasteiger partial charge in [0.05, 0.1) is 37.8 Å². The van der Waals surface area contributed by atoms with Crippen LogP contribution in [0, 0.1) is 6.92 Å². The van der Waals surface area contributed by atoms with Crippen molar-refractivity contribution in [3.63, 3.8) is 0 Å². The number of rotatable bonds is 5. The van der Waals surface area contributed by atoms with Gasteiger partial charge in [0.1, 0.15) is 11.4 Å². The Kier molecular flexibility index (Phi) is 5.53. The number of benzene rings is 1. The van der Waals surface area contributed by atoms with Crippen molar-refractivity contribution < 1.29 is 13.9 Å². The van der Waals surface area contributed by atoms with E-state index in [2.05, 4.69) is 48.1 Å². The zero-order valence-corrected chi connectivity index (χ0v) is 17.2. The average molecular weight is 393 g/mol. The number of hydrogen-bond donors (Lipinski definition) is 1. The Morgan fingerprint density at radius 2 is 2.03 bits per heavy atom. The predicted octanol–water partition coefficient (Wildman–Crippen LogP) is 4.28. The Bertz CT molecular complexity index is 1000. The topological polar surface area (TPSA) is 67.6 Å². The quantitative estimate of drug-likeness (QED) is 0.701. The highest BCUT2D eigenvalue weighted by molar-refractivity contribution is 5.95. The first-order chi connectivity index (χ1) is 14.0. The first-order valence-corrected chi connectivity index (χ1v) is 10.1. The van der Waals surface area contributed by atoms with Gasteiger partial charge in [-0.05, 0) is 48.2 Å². The predicted molar refractivity (Wildman–Crippen MR) is 115 cm³/mol. The number of hydrogen-bond acceptors (Lipinski definition) is 5. The van der Waals surface area contributed by atoms with Gasteiger partial charge in [-0.1, -0.05) is 13.8 Å². The molecule has 1 aromatic carbocycles. The summed E-state index contributed by atoms with van der Waals surface area (Å²) in [6.45, 7) is 9.56. The molecule has 0 unspecified atom stereocenters. The van der Waals surface area contributed by atoms with Crippen LogP contribution in [0.25, 0.3) is 11.0 Å². The number of pyridine rings is 1. The molecule has 6 heteroatoms. The highest BCUT2D eigenvalue weighted by Crippen LogP contribution is 2.29. The van der Waals surface area contributed by atoms with Gasteiger partial charge in [-0.2, -0.15) is 0 Å². The number of ether oxygens (including phenoxy) is 1. The third-order valence-corrected chi connectivity index (χ3v) is 5.38. The number of fused-ring (bicyclic) bond motifs is 1. The monoisotopic (exact) mass is 393 g/mol. The number of morpholine rings is 1. The standard InChI is InChI=1S/C23H27N3O3/c1-15(2)19-12-20-17(14-29-21(20)10-16(19)3)11-23(27)25-18-4-5-22(24-13-18)26-6-8-28-9-7-26/h4-5,10,12-15H,6-9,11H2,1-3H3,(H,25,27). The normalized spacial score (nSPS) is 14.6. The SMILES string of the molecule is Cc1cc2occ(CC(=O)Nc3ccc(N4CCOCC4)nc3)c2cc1C(C)C. The molecule has 0 saturated carbocycles. The molecule has 0 atom stereocenters. The van der Waals surface area contributed by atoms with Crippen LogP contribution in [-0.4, -0.2) is 37.2 Å². The van der Waals surface area contributed by atoms with Crippen LogP contribution in [0.2, 0.25) is 0 Å². The van der Waals surface area contributed by atoms with Gasteiger partial charge >= 0.3 is 0 Å². The average Bonchev–Trinajstić information content (AvgIpc) is 3.09. The summed E-state index contributed by atoms with van der Waals surface area (Å²) >= 11 is 0. The molecule has 1 aliphatic heterocycles. The molecule has 0 aliphatic carbocycles. The fourth-order valence-corrected chi connectivity index (χ4v) is 3.82. The number of nitrogens with one attached hydrogen (secondary N) is 1. The van der Waals surface area contributed by atoms with E-state index in [0.29, 0.717) is 11.6 Å². The van der Waals surface area contributed by atoms with E-state index in [0.717, 1.165) is 48.7 Å². The largest absolute Gasteiger partial charge is 0.464 e. The van der Waals surface area contributed by atoms with Crippen LogP contribution in [-0.2, 0) is 16.0 Å². The molecule has 3 heterocycles. The highest BCUT2D eigenvalue weighted by atomic mass is 16.5. The minimum atomic E-state index is -0.0831. The fraction of sp³-hybridized carbons (Fsp3) is 0.391. The summed E-state index contributed by atoms with van der Waals surface area (Å²) in [5.74, 6) is 1.25. The summed E-state index contributed by atoms with van der Waals surface area (Å²) in [6, 6.07) is 8.04. The van der Waals surface area contributed by atoms with Gasteiger partial charge in [-0.3, -0.25) is 4.79 Å². The van der Waals surface area contributed by atoms with Gasteiger partial charge in [0.25, 0.3) is 0 Å². The van der Waals surface area contributed by atoms with Gasteiger partial charge in [-0.25, -0.2) is 4.98 Å². The lowest BCUT2D eigenvalue weighted by molar-refractivity contribution is -0.115. The van der Waals surface area contributed by atoms with Crippen LogP contribution in [0.5, 0.6) is 0 Å². The second-order valence-electron chi connectivity index (χ2n) is 7.85. The van der Waals surface area contributed by atoms with Crippen molar-refractivity contribution in [1.82, 2.24) is 4.98 Å². The van der Waals surface area contributed by atoms with Crippen LogP contribution < -0.4 is 10.2 Å². The molecular weight excluding hydrogens is 366 g/mol. The number of carbonyl (C=O) groups is 1. The van der Waals surface area contributed by atoms with E-state index in [1.165, 1.54) is 11.1 Å². The first-order valence-electron chi connectivity index (χ1n) is 10.1. The molecule has 1 N–H and O–H groups in total. The van der Waals surface area contributed by atoms with Crippen molar-refractivity contribution in [3.8, 4) is 0 Å². The van der Waals surface area contributed by atoms with Crippen LogP contribution in [0.1, 0.15) is 36.5 Å². The summed E-state index contributed by atoms with van der Waals surface area (Å²) in [5, 5.41) is 3.95. The molecule has 0 spiro atoms. The molecule has 2 aromatic heterocycles. The van der Waals surface area contributed by atoms with Crippen LogP contribution in [0.15, 0.2) is 41.1 Å². The second-order valence-corrected chi connectivity index (χ2v) is 7.85. The molecule has 29 heavy (non-hydrogen) atoms. The van der Waals surface area contributed by atoms with E-state index in [9.17, 15) is 4.79 Å². The molecule has 1 saturated heterocycles. The van der Waals surface area contributed by atoms with E-state index in [1.807, 2.05) is 12.1 Å². The van der Waals surface area contributed by atoms with Gasteiger partial charge < -0.3 is 19.4 Å². The van der Waals surface area contributed by atoms with E-state index in [-0.39, 0.29) is 12.3 Å². The van der Waals surface area contributed by atoms with E-state index in [1.54, 1.807) is 12.5 Å². The van der Waals surface area contributed by atoms with Crippen molar-refractivity contribution in [2.45, 2.75) is 33.1 Å². The Hall–Kier alpha value is -2.86. The third kappa shape index (κ3) is 4.27. The molecule has 1 amide bonds. The van der Waals surface area contributed by atoms with Gasteiger partial charge in [0.15, 0.2) is 0 Å². The Labute approximate surface area is 170 Å². The van der Waals surface area contributed by atoms with E-state index in [4.69, 9.17) is 9.15 Å². The summed E-state index contributed by atoms with van der Waals surface area (Å²) in [7, 11) is 0. The number of nitrogens with zero attached hydrogens (tertiary/aromatic N) is 2. The second kappa shape index (κ2) is 8.25. The Morgan fingerprint density at radius 1 is 1.24 bits per heavy atom. The number of furan rings is 1. The van der Waals surface area contributed by atoms with Crippen LogP contribution >= 0.6 is 0 Å². The molecule has 1 aliphatic rings. The summed E-state index contributed by atoms with van der Waals surface area (Å²) in [5.41, 5.74) is 4.91. The zero-order chi connectivity index (χ0) is 20.4. The van der Waals surface area contributed by atoms with Crippen molar-refractivity contribution in [1.29, 1.82) is 0 Å². The third-order valence-electron chi connectivity index (χ3n) is 5.38. The molecule has 6 nitrogen and oxygen atoms in total. The van der Waals surface area contributed by atoms with Crippen LogP contribution in [0.4, 0.5) is 11.5 Å². The van der Waals surface area contributed by atoms with Crippen molar-refractivity contribution in [3.05, 3.63) is 53.4 Å². The molecule has 0 bridgehead atoms. The Balaban J connectivity index is 1.45. The molecule has 3 aromatic rings. The lowest BCUT2D eigenvalue weighted by atomic mass is 9.95. The summed E-state index contributed by atoms with van der Waals surface area (Å²) < 4.78 is 11.1. The van der Waals surface area contributed by atoms with Gasteiger partial charge in [0.2, 0.25) is 5.91 Å². The number of aryl methyl sites for hydroxylation is 1. The van der Waals surface area contributed by atoms with Gasteiger partial charge in [0, 0.05) is 24.0 Å². The maximum absolute atomic E-state index is 12.6. The maximum atomic E-state index is 12.6. The minimum absolute atomic E-state index is 0.0831. The number of amides is 1. The minimum Gasteiger partial charge on any atom is -0.464 e. The number of anilines is 2. The molecule has 152 valence electrons. The van der Waals surface area contributed by atoms with Crippen molar-refractivity contribution in [2.24, 2.45) is 0 Å². The van der Waals surface area contributed by atoms with E-state index < -0.39 is 0 Å². The van der Waals surface area contributed by atoms with E-state index >= 15 is 0 Å². The highest BCUT2D eigenvalue weighted by Gasteiger charge is 2.15. The summed E-state index contributed by atoms with van der Waals surface area (Å²) in [4.78, 5) is 19.3. The van der Waals surface area contributed by atoms with Crippen LogP contribution in [0.3, 0.4) is 0 Å². The first kappa shape index (κ1) is 19.5. The number of carbonyl (C=O) groups excluding carboxylic acids is 1. The zero-order valence-electron chi connectivity index (χ0n) is 17.2. The Morgan fingerprint density at radius 3 is 2.72 bits per heavy atom. The maximum Gasteiger partial charge on any atom is 0.228 e. The molecule has 4 rings (SSSR count). The molecule has 1 fully saturated rings.